The fraction of sp³-hybridized carbons (Fsp3) is 0.929. The first-order valence-electron chi connectivity index (χ1n) is 6.96. The number of hydrogen-bond donors (Lipinski definition) is 2. The van der Waals surface area contributed by atoms with Crippen molar-refractivity contribution in [3.63, 3.8) is 0 Å². The van der Waals surface area contributed by atoms with E-state index in [0.717, 1.165) is 25.9 Å². The SMILES string of the molecule is CC(CO)NC1CCN(C(=O)CC(C)(C)C)CC1. The molecule has 106 valence electrons. The molecule has 1 aliphatic heterocycles. The number of aliphatic hydroxyl groups excluding tert-OH is 1. The largest absolute Gasteiger partial charge is 0.395 e. The average Bonchev–Trinajstić information content (AvgIpc) is 2.27. The van der Waals surface area contributed by atoms with Crippen LogP contribution in [-0.4, -0.2) is 47.7 Å². The van der Waals surface area contributed by atoms with Gasteiger partial charge in [0.2, 0.25) is 5.91 Å². The van der Waals surface area contributed by atoms with Crippen LogP contribution in [0.3, 0.4) is 0 Å². The summed E-state index contributed by atoms with van der Waals surface area (Å²) in [4.78, 5) is 14.0. The summed E-state index contributed by atoms with van der Waals surface area (Å²) in [5.74, 6) is 0.274. The molecule has 1 heterocycles. The quantitative estimate of drug-likeness (QED) is 0.799. The van der Waals surface area contributed by atoms with Crippen LogP contribution in [0.1, 0.15) is 47.0 Å². The maximum absolute atomic E-state index is 12.1. The van der Waals surface area contributed by atoms with E-state index in [9.17, 15) is 4.79 Å². The Kier molecular flexibility index (Phi) is 5.60. The molecule has 1 saturated heterocycles. The topological polar surface area (TPSA) is 52.6 Å². The zero-order valence-electron chi connectivity index (χ0n) is 12.2. The standard InChI is InChI=1S/C14H28N2O2/c1-11(10-17)15-12-5-7-16(8-6-12)13(18)9-14(2,3)4/h11-12,15,17H,5-10H2,1-4H3. The van der Waals surface area contributed by atoms with Crippen molar-refractivity contribution in [2.45, 2.75) is 59.0 Å². The van der Waals surface area contributed by atoms with Crippen LogP contribution in [0.5, 0.6) is 0 Å². The molecule has 1 amide bonds. The first-order valence-corrected chi connectivity index (χ1v) is 6.96. The summed E-state index contributed by atoms with van der Waals surface area (Å²) < 4.78 is 0. The predicted octanol–water partition coefficient (Wildman–Crippen LogP) is 1.38. The van der Waals surface area contributed by atoms with Gasteiger partial charge in [0.05, 0.1) is 6.61 Å². The molecular formula is C14H28N2O2. The van der Waals surface area contributed by atoms with Gasteiger partial charge in [-0.3, -0.25) is 4.79 Å². The minimum atomic E-state index is 0.0670. The number of nitrogens with one attached hydrogen (secondary N) is 1. The van der Waals surface area contributed by atoms with Gasteiger partial charge < -0.3 is 15.3 Å². The van der Waals surface area contributed by atoms with E-state index in [4.69, 9.17) is 5.11 Å². The Bertz CT molecular complexity index is 265. The number of carbonyl (C=O) groups excluding carboxylic acids is 1. The van der Waals surface area contributed by atoms with Gasteiger partial charge in [-0.05, 0) is 25.2 Å². The van der Waals surface area contributed by atoms with Crippen LogP contribution in [0.2, 0.25) is 0 Å². The minimum Gasteiger partial charge on any atom is -0.395 e. The molecule has 0 spiro atoms. The van der Waals surface area contributed by atoms with Gasteiger partial charge in [0, 0.05) is 31.6 Å². The Labute approximate surface area is 111 Å². The lowest BCUT2D eigenvalue weighted by Gasteiger charge is -2.35. The van der Waals surface area contributed by atoms with Crippen molar-refractivity contribution >= 4 is 5.91 Å². The van der Waals surface area contributed by atoms with Gasteiger partial charge in [-0.1, -0.05) is 20.8 Å². The van der Waals surface area contributed by atoms with Crippen molar-refractivity contribution < 1.29 is 9.90 Å². The van der Waals surface area contributed by atoms with Gasteiger partial charge in [-0.15, -0.1) is 0 Å². The molecule has 4 heteroatoms. The van der Waals surface area contributed by atoms with E-state index in [1.165, 1.54) is 0 Å². The molecule has 1 atom stereocenters. The normalized spacial score (nSPS) is 19.9. The van der Waals surface area contributed by atoms with Crippen molar-refractivity contribution in [3.05, 3.63) is 0 Å². The van der Waals surface area contributed by atoms with Gasteiger partial charge in [0.15, 0.2) is 0 Å². The first-order chi connectivity index (χ1) is 8.31. The smallest absolute Gasteiger partial charge is 0.223 e. The second-order valence-corrected chi connectivity index (χ2v) is 6.64. The lowest BCUT2D eigenvalue weighted by Crippen LogP contribution is -2.48. The van der Waals surface area contributed by atoms with Crippen LogP contribution in [0.25, 0.3) is 0 Å². The van der Waals surface area contributed by atoms with Crippen LogP contribution in [0.4, 0.5) is 0 Å². The maximum atomic E-state index is 12.1. The zero-order chi connectivity index (χ0) is 13.8. The molecule has 1 rings (SSSR count). The van der Waals surface area contributed by atoms with Gasteiger partial charge >= 0.3 is 0 Å². The molecule has 4 nitrogen and oxygen atoms in total. The van der Waals surface area contributed by atoms with Crippen LogP contribution in [0, 0.1) is 5.41 Å². The second kappa shape index (κ2) is 6.53. The summed E-state index contributed by atoms with van der Waals surface area (Å²) in [5.41, 5.74) is 0.0670. The number of likely N-dealkylation sites (tertiary alicyclic amines) is 1. The Morgan fingerprint density at radius 1 is 1.39 bits per heavy atom. The monoisotopic (exact) mass is 256 g/mol. The number of nitrogens with zero attached hydrogens (tertiary/aromatic N) is 1. The fourth-order valence-electron chi connectivity index (χ4n) is 2.32. The molecule has 0 aromatic carbocycles. The van der Waals surface area contributed by atoms with Gasteiger partial charge in [0.1, 0.15) is 0 Å². The highest BCUT2D eigenvalue weighted by Crippen LogP contribution is 2.21. The lowest BCUT2D eigenvalue weighted by atomic mass is 9.91. The number of rotatable bonds is 4. The molecule has 0 aromatic heterocycles. The third kappa shape index (κ3) is 5.36. The van der Waals surface area contributed by atoms with Crippen LogP contribution in [0.15, 0.2) is 0 Å². The summed E-state index contributed by atoms with van der Waals surface area (Å²) >= 11 is 0. The molecule has 1 fully saturated rings. The first kappa shape index (κ1) is 15.4. The highest BCUT2D eigenvalue weighted by Gasteiger charge is 2.26. The van der Waals surface area contributed by atoms with Crippen LogP contribution in [-0.2, 0) is 4.79 Å². The number of hydrogen-bond acceptors (Lipinski definition) is 3. The number of carbonyl (C=O) groups is 1. The summed E-state index contributed by atoms with van der Waals surface area (Å²) in [6, 6.07) is 0.581. The van der Waals surface area contributed by atoms with E-state index in [0.29, 0.717) is 12.5 Å². The highest BCUT2D eigenvalue weighted by atomic mass is 16.3. The van der Waals surface area contributed by atoms with E-state index in [1.54, 1.807) is 0 Å². The molecular weight excluding hydrogens is 228 g/mol. The molecule has 0 aromatic rings. The van der Waals surface area contributed by atoms with Gasteiger partial charge in [-0.2, -0.15) is 0 Å². The van der Waals surface area contributed by atoms with Crippen molar-refractivity contribution in [1.82, 2.24) is 10.2 Å². The van der Waals surface area contributed by atoms with E-state index in [1.807, 2.05) is 11.8 Å². The Morgan fingerprint density at radius 3 is 2.39 bits per heavy atom. The van der Waals surface area contributed by atoms with E-state index in [-0.39, 0.29) is 24.0 Å². The number of aliphatic hydroxyl groups is 1. The van der Waals surface area contributed by atoms with Crippen molar-refractivity contribution in [2.75, 3.05) is 19.7 Å². The zero-order valence-corrected chi connectivity index (χ0v) is 12.2. The summed E-state index contributed by atoms with van der Waals surface area (Å²) in [6.45, 7) is 10.1. The van der Waals surface area contributed by atoms with E-state index < -0.39 is 0 Å². The van der Waals surface area contributed by atoms with Crippen molar-refractivity contribution in [3.8, 4) is 0 Å². The number of amides is 1. The second-order valence-electron chi connectivity index (χ2n) is 6.64. The Hall–Kier alpha value is -0.610. The lowest BCUT2D eigenvalue weighted by molar-refractivity contribution is -0.134. The predicted molar refractivity (Wildman–Crippen MR) is 73.4 cm³/mol. The summed E-state index contributed by atoms with van der Waals surface area (Å²) in [7, 11) is 0. The third-order valence-corrected chi connectivity index (χ3v) is 3.32. The minimum absolute atomic E-state index is 0.0670. The molecule has 2 N–H and O–H groups in total. The Morgan fingerprint density at radius 2 is 1.94 bits per heavy atom. The molecule has 18 heavy (non-hydrogen) atoms. The summed E-state index contributed by atoms with van der Waals surface area (Å²) in [5, 5.41) is 12.4. The van der Waals surface area contributed by atoms with Gasteiger partial charge in [0.25, 0.3) is 0 Å². The molecule has 1 unspecified atom stereocenters. The van der Waals surface area contributed by atoms with Crippen LogP contribution >= 0.6 is 0 Å². The number of piperidine rings is 1. The molecule has 0 radical (unpaired) electrons. The Balaban J connectivity index is 2.33. The van der Waals surface area contributed by atoms with Crippen LogP contribution < -0.4 is 5.32 Å². The van der Waals surface area contributed by atoms with Crippen molar-refractivity contribution in [1.29, 1.82) is 0 Å². The molecule has 0 aliphatic carbocycles. The van der Waals surface area contributed by atoms with E-state index in [2.05, 4.69) is 26.1 Å². The maximum Gasteiger partial charge on any atom is 0.223 e. The van der Waals surface area contributed by atoms with Gasteiger partial charge in [-0.25, -0.2) is 0 Å². The third-order valence-electron chi connectivity index (χ3n) is 3.32. The van der Waals surface area contributed by atoms with Crippen molar-refractivity contribution in [2.24, 2.45) is 5.41 Å². The summed E-state index contributed by atoms with van der Waals surface area (Å²) in [6.07, 6.45) is 2.60. The average molecular weight is 256 g/mol. The highest BCUT2D eigenvalue weighted by molar-refractivity contribution is 5.76. The molecule has 0 saturated carbocycles. The molecule has 0 bridgehead atoms. The fourth-order valence-corrected chi connectivity index (χ4v) is 2.32. The van der Waals surface area contributed by atoms with E-state index >= 15 is 0 Å². The molecule has 1 aliphatic rings.